The van der Waals surface area contributed by atoms with Crippen molar-refractivity contribution in [2.24, 2.45) is 0 Å². The van der Waals surface area contributed by atoms with Gasteiger partial charge in [-0.25, -0.2) is 0 Å². The van der Waals surface area contributed by atoms with Crippen LogP contribution in [0.2, 0.25) is 0 Å². The van der Waals surface area contributed by atoms with Crippen molar-refractivity contribution in [1.29, 1.82) is 0 Å². The molecule has 1 fully saturated rings. The number of amides is 2. The van der Waals surface area contributed by atoms with E-state index in [1.807, 2.05) is 62.4 Å². The van der Waals surface area contributed by atoms with E-state index in [2.05, 4.69) is 10.2 Å². The van der Waals surface area contributed by atoms with Crippen LogP contribution in [0.1, 0.15) is 34.8 Å². The first-order chi connectivity index (χ1) is 15.4. The first kappa shape index (κ1) is 21.7. The number of hydrogen-bond acceptors (Lipinski definition) is 5. The molecule has 0 N–H and O–H groups in total. The number of nitrogens with zero attached hydrogens (tertiary/aromatic N) is 5. The quantitative estimate of drug-likeness (QED) is 0.588. The first-order valence-electron chi connectivity index (χ1n) is 10.8. The van der Waals surface area contributed by atoms with E-state index < -0.39 is 6.09 Å². The van der Waals surface area contributed by atoms with E-state index >= 15 is 0 Å². The van der Waals surface area contributed by atoms with Crippen LogP contribution in [0.3, 0.4) is 0 Å². The average molecular weight is 434 g/mol. The molecule has 0 radical (unpaired) electrons. The van der Waals surface area contributed by atoms with Gasteiger partial charge in [-0.2, -0.15) is 15.0 Å². The fraction of sp³-hybridized carbons (Fsp3) is 0.333. The van der Waals surface area contributed by atoms with Gasteiger partial charge in [0.15, 0.2) is 0 Å². The highest BCUT2D eigenvalue weighted by atomic mass is 16.4. The van der Waals surface area contributed by atoms with Gasteiger partial charge in [-0.1, -0.05) is 42.0 Å². The third-order valence-electron chi connectivity index (χ3n) is 6.27. The summed E-state index contributed by atoms with van der Waals surface area (Å²) in [5.41, 5.74) is 3.00. The minimum atomic E-state index is -1.10. The molecule has 1 aliphatic heterocycles. The normalized spacial score (nSPS) is 21.2. The molecule has 2 heterocycles. The number of aromatic nitrogens is 3. The Bertz CT molecular complexity index is 1100. The Morgan fingerprint density at radius 1 is 1.09 bits per heavy atom. The second-order valence-corrected chi connectivity index (χ2v) is 8.48. The van der Waals surface area contributed by atoms with Gasteiger partial charge in [0.1, 0.15) is 13.1 Å². The maximum Gasteiger partial charge on any atom is 0.257 e. The topological polar surface area (TPSA) is 91.2 Å². The summed E-state index contributed by atoms with van der Waals surface area (Å²) in [6.07, 6.45) is 2.59. The first-order valence-corrected chi connectivity index (χ1v) is 10.8. The molecule has 2 aromatic carbocycles. The number of carbonyl (C=O) groups is 2. The molecule has 0 aliphatic carbocycles. The Hall–Kier alpha value is -3.52. The molecule has 8 nitrogen and oxygen atoms in total. The molecule has 2 amide bonds. The molecule has 1 saturated heterocycles. The molecule has 0 bridgehead atoms. The van der Waals surface area contributed by atoms with Crippen molar-refractivity contribution in [1.82, 2.24) is 19.9 Å². The van der Waals surface area contributed by atoms with Gasteiger partial charge in [0.2, 0.25) is 0 Å². The number of aryl methyl sites for hydroxylation is 1. The van der Waals surface area contributed by atoms with Crippen LogP contribution in [-0.2, 0) is 6.54 Å². The van der Waals surface area contributed by atoms with Crippen molar-refractivity contribution in [2.45, 2.75) is 32.9 Å². The van der Waals surface area contributed by atoms with Crippen molar-refractivity contribution in [2.75, 3.05) is 19.6 Å². The SMILES string of the molecule is Cc1ccc(-n2nccn2)c(C(=O)N2CC[N+](Cc3ccccc3)(C(=O)[O-])CC[C@H]2C)c1. The summed E-state index contributed by atoms with van der Waals surface area (Å²) >= 11 is 0. The molecular weight excluding hydrogens is 406 g/mol. The molecule has 3 aromatic rings. The molecular formula is C24H27N5O3. The second kappa shape index (κ2) is 8.92. The predicted octanol–water partition coefficient (Wildman–Crippen LogP) is 2.17. The lowest BCUT2D eigenvalue weighted by Gasteiger charge is -2.37. The average Bonchev–Trinajstić information content (AvgIpc) is 3.26. The van der Waals surface area contributed by atoms with Gasteiger partial charge in [-0.3, -0.25) is 9.28 Å². The summed E-state index contributed by atoms with van der Waals surface area (Å²) in [5.74, 6) is -0.147. The summed E-state index contributed by atoms with van der Waals surface area (Å²) in [5, 5.41) is 20.6. The highest BCUT2D eigenvalue weighted by Gasteiger charge is 2.38. The van der Waals surface area contributed by atoms with Gasteiger partial charge in [0, 0.05) is 18.0 Å². The fourth-order valence-electron chi connectivity index (χ4n) is 4.35. The zero-order valence-corrected chi connectivity index (χ0v) is 18.3. The van der Waals surface area contributed by atoms with Gasteiger partial charge in [0.25, 0.3) is 12.0 Å². The number of carboxylic acid groups (broad SMARTS) is 1. The van der Waals surface area contributed by atoms with Gasteiger partial charge in [0.05, 0.1) is 36.7 Å². The van der Waals surface area contributed by atoms with Crippen LogP contribution in [0.15, 0.2) is 60.9 Å². The van der Waals surface area contributed by atoms with E-state index in [1.54, 1.807) is 17.3 Å². The van der Waals surface area contributed by atoms with Gasteiger partial charge < -0.3 is 14.8 Å². The number of carbonyl (C=O) groups excluding carboxylic acids is 2. The minimum absolute atomic E-state index is 0.114. The molecule has 4 rings (SSSR count). The Labute approximate surface area is 187 Å². The fourth-order valence-corrected chi connectivity index (χ4v) is 4.35. The standard InChI is InChI=1S/C24H27N5O3/c1-18-8-9-22(28-25-11-12-26-28)21(16-18)23(30)27-13-15-29(24(31)32,14-10-19(27)2)17-20-6-4-3-5-7-20/h3-9,11-12,16,19H,10,13-15,17H2,1-2H3/t19-,29?/m1/s1. The number of hydrogen-bond donors (Lipinski definition) is 0. The lowest BCUT2D eigenvalue weighted by Crippen LogP contribution is -2.59. The summed E-state index contributed by atoms with van der Waals surface area (Å²) in [7, 11) is 0. The molecule has 166 valence electrons. The van der Waals surface area contributed by atoms with Crippen LogP contribution in [0.25, 0.3) is 5.69 Å². The van der Waals surface area contributed by atoms with Crippen LogP contribution < -0.4 is 5.11 Å². The Morgan fingerprint density at radius 2 is 1.81 bits per heavy atom. The van der Waals surface area contributed by atoms with Crippen LogP contribution >= 0.6 is 0 Å². The second-order valence-electron chi connectivity index (χ2n) is 8.48. The molecule has 32 heavy (non-hydrogen) atoms. The zero-order chi connectivity index (χ0) is 22.7. The smallest absolute Gasteiger partial charge is 0.257 e. The molecule has 1 aromatic heterocycles. The highest BCUT2D eigenvalue weighted by Crippen LogP contribution is 2.25. The van der Waals surface area contributed by atoms with Crippen LogP contribution in [0.5, 0.6) is 0 Å². The van der Waals surface area contributed by atoms with E-state index in [4.69, 9.17) is 0 Å². The van der Waals surface area contributed by atoms with E-state index in [-0.39, 0.29) is 23.0 Å². The Balaban J connectivity index is 1.63. The number of rotatable bonds is 4. The summed E-state index contributed by atoms with van der Waals surface area (Å²) in [6, 6.07) is 15.0. The third kappa shape index (κ3) is 4.27. The van der Waals surface area contributed by atoms with E-state index in [0.29, 0.717) is 37.3 Å². The van der Waals surface area contributed by atoms with Crippen molar-refractivity contribution in [3.05, 3.63) is 77.6 Å². The maximum absolute atomic E-state index is 13.7. The Kier molecular flexibility index (Phi) is 6.05. The molecule has 1 aliphatic rings. The Morgan fingerprint density at radius 3 is 2.50 bits per heavy atom. The van der Waals surface area contributed by atoms with Gasteiger partial charge in [-0.15, -0.1) is 0 Å². The lowest BCUT2D eigenvalue weighted by molar-refractivity contribution is -0.887. The minimum Gasteiger partial charge on any atom is -0.498 e. The molecule has 2 atom stereocenters. The summed E-state index contributed by atoms with van der Waals surface area (Å²) in [4.78, 5) is 29.1. The molecule has 0 saturated carbocycles. The van der Waals surface area contributed by atoms with E-state index in [9.17, 15) is 14.7 Å². The van der Waals surface area contributed by atoms with Gasteiger partial charge >= 0.3 is 0 Å². The molecule has 0 spiro atoms. The maximum atomic E-state index is 13.7. The van der Waals surface area contributed by atoms with Crippen molar-refractivity contribution < 1.29 is 19.2 Å². The van der Waals surface area contributed by atoms with Crippen LogP contribution in [0, 0.1) is 6.92 Å². The van der Waals surface area contributed by atoms with E-state index in [1.165, 1.54) is 4.80 Å². The number of quaternary nitrogens is 1. The zero-order valence-electron chi connectivity index (χ0n) is 18.3. The van der Waals surface area contributed by atoms with Crippen LogP contribution in [0.4, 0.5) is 4.79 Å². The largest absolute Gasteiger partial charge is 0.498 e. The lowest BCUT2D eigenvalue weighted by atomic mass is 10.1. The van der Waals surface area contributed by atoms with Crippen molar-refractivity contribution in [3.8, 4) is 5.69 Å². The molecule has 8 heteroatoms. The highest BCUT2D eigenvalue weighted by molar-refractivity contribution is 5.98. The van der Waals surface area contributed by atoms with Crippen molar-refractivity contribution >= 4 is 12.0 Å². The van der Waals surface area contributed by atoms with Crippen molar-refractivity contribution in [3.63, 3.8) is 0 Å². The molecule has 1 unspecified atom stereocenters. The number of benzene rings is 2. The summed E-state index contributed by atoms with van der Waals surface area (Å²) in [6.45, 7) is 5.25. The van der Waals surface area contributed by atoms with Crippen LogP contribution in [-0.4, -0.2) is 62.1 Å². The monoisotopic (exact) mass is 433 g/mol. The predicted molar refractivity (Wildman–Crippen MR) is 117 cm³/mol. The van der Waals surface area contributed by atoms with Gasteiger partial charge in [-0.05, 0) is 26.0 Å². The third-order valence-corrected chi connectivity index (χ3v) is 6.27. The summed E-state index contributed by atoms with van der Waals surface area (Å²) < 4.78 is -0.195. The van der Waals surface area contributed by atoms with E-state index in [0.717, 1.165) is 11.1 Å².